The third-order valence-electron chi connectivity index (χ3n) is 19.3. The van der Waals surface area contributed by atoms with Crippen LogP contribution in [-0.2, 0) is 10.8 Å². The second-order valence-corrected chi connectivity index (χ2v) is 23.0. The molecular formula is C68H61N. The normalized spacial score (nSPS) is 25.7. The topological polar surface area (TPSA) is 3.24 Å². The molecule has 0 amide bonds. The van der Waals surface area contributed by atoms with Gasteiger partial charge in [0.2, 0.25) is 0 Å². The van der Waals surface area contributed by atoms with Gasteiger partial charge in [0.15, 0.2) is 0 Å². The number of anilines is 3. The molecule has 0 saturated heterocycles. The van der Waals surface area contributed by atoms with E-state index in [1.807, 2.05) is 0 Å². The molecular weight excluding hydrogens is 831 g/mol. The molecule has 8 aromatic carbocycles. The predicted molar refractivity (Wildman–Crippen MR) is 286 cm³/mol. The lowest BCUT2D eigenvalue weighted by Crippen LogP contribution is -2.27. The summed E-state index contributed by atoms with van der Waals surface area (Å²) >= 11 is 0. The Labute approximate surface area is 409 Å². The highest BCUT2D eigenvalue weighted by Gasteiger charge is 2.53. The minimum Gasteiger partial charge on any atom is -0.310 e. The molecule has 4 saturated carbocycles. The molecule has 0 heterocycles. The van der Waals surface area contributed by atoms with Gasteiger partial charge in [0.05, 0.1) is 11.1 Å². The van der Waals surface area contributed by atoms with Crippen LogP contribution in [0.2, 0.25) is 0 Å². The van der Waals surface area contributed by atoms with Gasteiger partial charge in [-0.15, -0.1) is 0 Å². The van der Waals surface area contributed by atoms with Crippen LogP contribution in [-0.4, -0.2) is 0 Å². The number of rotatable bonds is 6. The van der Waals surface area contributed by atoms with Crippen molar-refractivity contribution in [2.45, 2.75) is 101 Å². The summed E-state index contributed by atoms with van der Waals surface area (Å²) in [5.41, 5.74) is 25.7. The average molecular weight is 892 g/mol. The zero-order chi connectivity index (χ0) is 45.6. The molecule has 7 aliphatic carbocycles. The molecule has 8 aromatic rings. The number of hydrogen-bond acceptors (Lipinski definition) is 1. The fourth-order valence-corrected chi connectivity index (χ4v) is 16.3. The maximum absolute atomic E-state index is 2.75. The highest BCUT2D eigenvalue weighted by molar-refractivity contribution is 5.98. The van der Waals surface area contributed by atoms with Crippen LogP contribution in [0.1, 0.15) is 134 Å². The number of fused-ring (bicyclic) bond motifs is 17. The number of para-hydroxylation sites is 1. The van der Waals surface area contributed by atoms with Crippen LogP contribution >= 0.6 is 0 Å². The van der Waals surface area contributed by atoms with Crippen molar-refractivity contribution >= 4 is 17.1 Å². The molecule has 0 aliphatic heterocycles. The lowest BCUT2D eigenvalue weighted by molar-refractivity contribution is 0.350. The summed E-state index contributed by atoms with van der Waals surface area (Å²) in [5.74, 6) is 4.71. The monoisotopic (exact) mass is 891 g/mol. The maximum Gasteiger partial charge on any atom is 0.0726 e. The third-order valence-corrected chi connectivity index (χ3v) is 19.3. The highest BCUT2D eigenvalue weighted by atomic mass is 15.1. The zero-order valence-electron chi connectivity index (χ0n) is 40.2. The van der Waals surface area contributed by atoms with Gasteiger partial charge in [-0.2, -0.15) is 0 Å². The lowest BCUT2D eigenvalue weighted by Gasteiger charge is -2.34. The molecule has 6 atom stereocenters. The van der Waals surface area contributed by atoms with E-state index < -0.39 is 5.41 Å². The van der Waals surface area contributed by atoms with Crippen molar-refractivity contribution < 1.29 is 0 Å². The molecule has 0 aromatic heterocycles. The van der Waals surface area contributed by atoms with E-state index >= 15 is 0 Å². The van der Waals surface area contributed by atoms with Crippen LogP contribution in [0.5, 0.6) is 0 Å². The first kappa shape index (κ1) is 40.4. The summed E-state index contributed by atoms with van der Waals surface area (Å²) in [5, 5.41) is 0. The zero-order valence-corrected chi connectivity index (χ0v) is 40.2. The second kappa shape index (κ2) is 15.0. The molecule has 0 N–H and O–H groups in total. The fourth-order valence-electron chi connectivity index (χ4n) is 16.3. The van der Waals surface area contributed by atoms with Crippen LogP contribution < -0.4 is 4.90 Å². The van der Waals surface area contributed by atoms with Crippen molar-refractivity contribution in [3.63, 3.8) is 0 Å². The Kier molecular flexibility index (Phi) is 8.81. The molecule has 1 nitrogen and oxygen atoms in total. The van der Waals surface area contributed by atoms with E-state index in [1.54, 1.807) is 11.1 Å². The van der Waals surface area contributed by atoms with Crippen molar-refractivity contribution in [3.05, 3.63) is 220 Å². The molecule has 1 spiro atoms. The third kappa shape index (κ3) is 5.77. The summed E-state index contributed by atoms with van der Waals surface area (Å²) < 4.78 is 0. The molecule has 69 heavy (non-hydrogen) atoms. The van der Waals surface area contributed by atoms with Gasteiger partial charge in [-0.3, -0.25) is 0 Å². The summed E-state index contributed by atoms with van der Waals surface area (Å²) in [7, 11) is 0. The van der Waals surface area contributed by atoms with E-state index in [4.69, 9.17) is 0 Å². The van der Waals surface area contributed by atoms with E-state index in [0.29, 0.717) is 11.8 Å². The van der Waals surface area contributed by atoms with Crippen LogP contribution in [0, 0.1) is 23.7 Å². The Morgan fingerprint density at radius 3 is 1.45 bits per heavy atom. The average Bonchev–Trinajstić information content (AvgIpc) is 4.12. The molecule has 15 rings (SSSR count). The van der Waals surface area contributed by atoms with Gasteiger partial charge in [0.1, 0.15) is 0 Å². The molecule has 4 fully saturated rings. The van der Waals surface area contributed by atoms with Gasteiger partial charge in [0.25, 0.3) is 0 Å². The number of nitrogens with zero attached hydrogens (tertiary/aromatic N) is 1. The Morgan fingerprint density at radius 2 is 0.841 bits per heavy atom. The standard InChI is InChI=1S/C68H61N/c1-67(2)60-23-9-6-21-52(60)54-32-28-49(40-62(54)67)69(66-25-11-8-20-51(66)44-16-4-3-5-17-44)50-29-33-57-53-22-7-10-24-61(53)68(65(57)41-50)63-38-47(58-36-42-14-12-18-45(58)34-42)26-30-55(63)56-31-27-48(39-64(56)68)59-37-43-15-13-19-46(59)35-43/h3-11,16-17,20-33,38-43,45-46,58-59H,12-15,18-19,34-37H2,1-2H3. The quantitative estimate of drug-likeness (QED) is 0.161. The SMILES string of the molecule is CC1(C)c2ccccc2-c2ccc(N(c3ccc4c(c3)C3(c5ccccc5-4)c4cc(C5CC6CCCC5C6)ccc4-c4ccc(C5CC6CCCC5C6)cc43)c3ccccc3-c3ccccc3)cc21. The van der Waals surface area contributed by atoms with E-state index in [9.17, 15) is 0 Å². The van der Waals surface area contributed by atoms with E-state index in [1.165, 1.54) is 159 Å². The van der Waals surface area contributed by atoms with Crippen LogP contribution in [0.3, 0.4) is 0 Å². The molecule has 0 radical (unpaired) electrons. The molecule has 338 valence electrons. The largest absolute Gasteiger partial charge is 0.310 e. The van der Waals surface area contributed by atoms with Crippen LogP contribution in [0.25, 0.3) is 44.5 Å². The van der Waals surface area contributed by atoms with Crippen LogP contribution in [0.15, 0.2) is 176 Å². The maximum atomic E-state index is 2.75. The minimum atomic E-state index is -0.438. The summed E-state index contributed by atoms with van der Waals surface area (Å²) in [6.45, 7) is 4.82. The summed E-state index contributed by atoms with van der Waals surface area (Å²) in [6.07, 6.45) is 14.0. The molecule has 7 aliphatic rings. The van der Waals surface area contributed by atoms with E-state index in [-0.39, 0.29) is 5.41 Å². The first-order chi connectivity index (χ1) is 33.9. The van der Waals surface area contributed by atoms with Gasteiger partial charge in [-0.05, 0) is 188 Å². The van der Waals surface area contributed by atoms with Crippen molar-refractivity contribution in [1.82, 2.24) is 0 Å². The Balaban J connectivity index is 0.984. The predicted octanol–water partition coefficient (Wildman–Crippen LogP) is 18.1. The lowest BCUT2D eigenvalue weighted by atomic mass is 9.69. The van der Waals surface area contributed by atoms with Gasteiger partial charge in [-0.25, -0.2) is 0 Å². The first-order valence-electron chi connectivity index (χ1n) is 26.7. The van der Waals surface area contributed by atoms with E-state index in [2.05, 4.69) is 195 Å². The molecule has 4 bridgehead atoms. The van der Waals surface area contributed by atoms with Crippen molar-refractivity contribution in [2.75, 3.05) is 4.90 Å². The van der Waals surface area contributed by atoms with Gasteiger partial charge in [-0.1, -0.05) is 185 Å². The number of hydrogen-bond donors (Lipinski definition) is 0. The fraction of sp³-hybridized carbons (Fsp3) is 0.294. The minimum absolute atomic E-state index is 0.126. The van der Waals surface area contributed by atoms with Gasteiger partial charge >= 0.3 is 0 Å². The highest BCUT2D eigenvalue weighted by Crippen LogP contribution is 2.65. The smallest absolute Gasteiger partial charge is 0.0726 e. The van der Waals surface area contributed by atoms with Crippen molar-refractivity contribution in [1.29, 1.82) is 0 Å². The Morgan fingerprint density at radius 1 is 0.377 bits per heavy atom. The number of benzene rings is 8. The first-order valence-corrected chi connectivity index (χ1v) is 26.7. The van der Waals surface area contributed by atoms with Crippen LogP contribution in [0.4, 0.5) is 17.1 Å². The van der Waals surface area contributed by atoms with Gasteiger partial charge in [0, 0.05) is 22.4 Å². The van der Waals surface area contributed by atoms with E-state index in [0.717, 1.165) is 23.7 Å². The molecule has 6 unspecified atom stereocenters. The molecule has 1 heteroatoms. The van der Waals surface area contributed by atoms with Crippen molar-refractivity contribution in [3.8, 4) is 44.5 Å². The summed E-state index contributed by atoms with van der Waals surface area (Å²) in [6, 6.07) is 69.4. The van der Waals surface area contributed by atoms with Crippen molar-refractivity contribution in [2.24, 2.45) is 23.7 Å². The van der Waals surface area contributed by atoms with Gasteiger partial charge < -0.3 is 4.90 Å². The second-order valence-electron chi connectivity index (χ2n) is 23.0. The summed E-state index contributed by atoms with van der Waals surface area (Å²) in [4.78, 5) is 2.60. The Hall–Kier alpha value is -6.44. The Bertz CT molecular complexity index is 3310.